The molecular formula is C22H27N3O2. The molecule has 2 aromatic rings. The van der Waals surface area contributed by atoms with Gasteiger partial charge in [0.05, 0.1) is 12.5 Å². The van der Waals surface area contributed by atoms with Gasteiger partial charge in [-0.25, -0.2) is 0 Å². The maximum atomic E-state index is 12.5. The van der Waals surface area contributed by atoms with Gasteiger partial charge in [-0.15, -0.1) is 0 Å². The molecule has 0 aromatic heterocycles. The smallest absolute Gasteiger partial charge is 0.234 e. The van der Waals surface area contributed by atoms with Crippen molar-refractivity contribution >= 4 is 17.5 Å². The van der Waals surface area contributed by atoms with Crippen LogP contribution in [0.25, 0.3) is 0 Å². The second kappa shape index (κ2) is 9.33. The lowest BCUT2D eigenvalue weighted by molar-refractivity contribution is -0.125. The first kappa shape index (κ1) is 19.1. The minimum Gasteiger partial charge on any atom is -0.351 e. The van der Waals surface area contributed by atoms with Crippen molar-refractivity contribution in [3.05, 3.63) is 65.7 Å². The van der Waals surface area contributed by atoms with Crippen LogP contribution in [0.2, 0.25) is 0 Å². The zero-order chi connectivity index (χ0) is 19.1. The van der Waals surface area contributed by atoms with Gasteiger partial charge >= 0.3 is 0 Å². The summed E-state index contributed by atoms with van der Waals surface area (Å²) in [6.45, 7) is 4.39. The molecule has 1 heterocycles. The van der Waals surface area contributed by atoms with Crippen LogP contribution in [-0.2, 0) is 16.1 Å². The van der Waals surface area contributed by atoms with Gasteiger partial charge in [0.25, 0.3) is 0 Å². The summed E-state index contributed by atoms with van der Waals surface area (Å²) in [4.78, 5) is 26.8. The maximum Gasteiger partial charge on any atom is 0.234 e. The number of aryl methyl sites for hydroxylation is 1. The van der Waals surface area contributed by atoms with E-state index in [2.05, 4.69) is 15.5 Å². The van der Waals surface area contributed by atoms with Gasteiger partial charge in [0.2, 0.25) is 11.8 Å². The molecule has 1 aliphatic rings. The number of amides is 2. The van der Waals surface area contributed by atoms with Crippen LogP contribution in [-0.4, -0.2) is 36.3 Å². The van der Waals surface area contributed by atoms with Crippen LogP contribution in [0.15, 0.2) is 54.6 Å². The summed E-state index contributed by atoms with van der Waals surface area (Å²) in [7, 11) is 0. The average Bonchev–Trinajstić information content (AvgIpc) is 2.68. The highest BCUT2D eigenvalue weighted by Crippen LogP contribution is 2.18. The molecule has 27 heavy (non-hydrogen) atoms. The van der Waals surface area contributed by atoms with Crippen molar-refractivity contribution in [2.24, 2.45) is 5.92 Å². The predicted octanol–water partition coefficient (Wildman–Crippen LogP) is 2.96. The van der Waals surface area contributed by atoms with E-state index in [4.69, 9.17) is 0 Å². The Bertz CT molecular complexity index is 759. The van der Waals surface area contributed by atoms with Crippen molar-refractivity contribution in [1.82, 2.24) is 10.2 Å². The topological polar surface area (TPSA) is 61.4 Å². The molecule has 0 spiro atoms. The average molecular weight is 365 g/mol. The molecule has 3 rings (SSSR count). The highest BCUT2D eigenvalue weighted by molar-refractivity contribution is 5.92. The van der Waals surface area contributed by atoms with Crippen molar-refractivity contribution in [3.63, 3.8) is 0 Å². The van der Waals surface area contributed by atoms with E-state index in [0.29, 0.717) is 19.6 Å². The van der Waals surface area contributed by atoms with Crippen molar-refractivity contribution < 1.29 is 9.59 Å². The first-order valence-electron chi connectivity index (χ1n) is 9.50. The van der Waals surface area contributed by atoms with Crippen LogP contribution in [0.1, 0.15) is 24.0 Å². The second-order valence-electron chi connectivity index (χ2n) is 7.19. The maximum absolute atomic E-state index is 12.5. The molecule has 2 amide bonds. The normalized spacial score (nSPS) is 17.3. The number of rotatable bonds is 6. The van der Waals surface area contributed by atoms with Gasteiger partial charge < -0.3 is 10.6 Å². The van der Waals surface area contributed by atoms with E-state index in [1.807, 2.05) is 61.5 Å². The third kappa shape index (κ3) is 5.93. The number of likely N-dealkylation sites (tertiary alicyclic amines) is 1. The van der Waals surface area contributed by atoms with Crippen LogP contribution in [0.3, 0.4) is 0 Å². The molecule has 1 fully saturated rings. The summed E-state index contributed by atoms with van der Waals surface area (Å²) in [5.74, 6) is -0.0467. The van der Waals surface area contributed by atoms with Crippen molar-refractivity contribution in [1.29, 1.82) is 0 Å². The van der Waals surface area contributed by atoms with Crippen LogP contribution in [0.5, 0.6) is 0 Å². The molecule has 0 bridgehead atoms. The van der Waals surface area contributed by atoms with Gasteiger partial charge in [-0.2, -0.15) is 0 Å². The van der Waals surface area contributed by atoms with Crippen molar-refractivity contribution in [2.75, 3.05) is 25.0 Å². The van der Waals surface area contributed by atoms with E-state index in [9.17, 15) is 9.59 Å². The van der Waals surface area contributed by atoms with Crippen LogP contribution in [0, 0.1) is 12.8 Å². The van der Waals surface area contributed by atoms with Gasteiger partial charge in [-0.1, -0.05) is 48.0 Å². The lowest BCUT2D eigenvalue weighted by Gasteiger charge is -2.31. The Morgan fingerprint density at radius 2 is 1.81 bits per heavy atom. The lowest BCUT2D eigenvalue weighted by atomic mass is 9.97. The highest BCUT2D eigenvalue weighted by atomic mass is 16.2. The molecule has 1 aliphatic heterocycles. The van der Waals surface area contributed by atoms with E-state index in [1.165, 1.54) is 5.56 Å². The van der Waals surface area contributed by atoms with E-state index >= 15 is 0 Å². The number of hydrogen-bond acceptors (Lipinski definition) is 3. The first-order chi connectivity index (χ1) is 13.1. The van der Waals surface area contributed by atoms with E-state index in [0.717, 1.165) is 30.6 Å². The fraction of sp³-hybridized carbons (Fsp3) is 0.364. The number of nitrogens with one attached hydrogen (secondary N) is 2. The molecule has 142 valence electrons. The van der Waals surface area contributed by atoms with Crippen molar-refractivity contribution in [3.8, 4) is 0 Å². The molecule has 0 aliphatic carbocycles. The summed E-state index contributed by atoms with van der Waals surface area (Å²) >= 11 is 0. The largest absolute Gasteiger partial charge is 0.351 e. The molecule has 2 aromatic carbocycles. The fourth-order valence-corrected chi connectivity index (χ4v) is 3.34. The van der Waals surface area contributed by atoms with Gasteiger partial charge in [-0.3, -0.25) is 14.5 Å². The zero-order valence-electron chi connectivity index (χ0n) is 15.8. The predicted molar refractivity (Wildman–Crippen MR) is 107 cm³/mol. The van der Waals surface area contributed by atoms with Crippen molar-refractivity contribution in [2.45, 2.75) is 26.3 Å². The van der Waals surface area contributed by atoms with Gasteiger partial charge in [0.1, 0.15) is 0 Å². The zero-order valence-corrected chi connectivity index (χ0v) is 15.8. The Kier molecular flexibility index (Phi) is 6.60. The van der Waals surface area contributed by atoms with Gasteiger partial charge in [0.15, 0.2) is 0 Å². The summed E-state index contributed by atoms with van der Waals surface area (Å²) in [6.07, 6.45) is 1.79. The fourth-order valence-electron chi connectivity index (χ4n) is 3.34. The number of hydrogen-bond donors (Lipinski definition) is 2. The van der Waals surface area contributed by atoms with Crippen LogP contribution >= 0.6 is 0 Å². The molecule has 0 saturated carbocycles. The van der Waals surface area contributed by atoms with Crippen LogP contribution < -0.4 is 10.6 Å². The SMILES string of the molecule is Cc1ccc(CNC(=O)CN2CCCC(C(=O)Nc3ccccc3)C2)cc1. The monoisotopic (exact) mass is 365 g/mol. The Morgan fingerprint density at radius 3 is 2.56 bits per heavy atom. The third-order valence-corrected chi connectivity index (χ3v) is 4.90. The number of anilines is 1. The molecule has 5 nitrogen and oxygen atoms in total. The summed E-state index contributed by atoms with van der Waals surface area (Å²) in [5.41, 5.74) is 3.11. The molecule has 1 saturated heterocycles. The Morgan fingerprint density at radius 1 is 1.07 bits per heavy atom. The number of carbonyl (C=O) groups excluding carboxylic acids is 2. The minimum atomic E-state index is -0.0798. The van der Waals surface area contributed by atoms with E-state index < -0.39 is 0 Å². The number of benzene rings is 2. The van der Waals surface area contributed by atoms with Gasteiger partial charge in [-0.05, 0) is 44.0 Å². The molecule has 1 unspecified atom stereocenters. The standard InChI is InChI=1S/C22H27N3O2/c1-17-9-11-18(12-10-17)14-23-21(26)16-25-13-5-6-19(15-25)22(27)24-20-7-3-2-4-8-20/h2-4,7-12,19H,5-6,13-16H2,1H3,(H,23,26)(H,24,27). The van der Waals surface area contributed by atoms with Crippen LogP contribution in [0.4, 0.5) is 5.69 Å². The summed E-state index contributed by atoms with van der Waals surface area (Å²) in [6, 6.07) is 17.6. The minimum absolute atomic E-state index is 0.000285. The second-order valence-corrected chi connectivity index (χ2v) is 7.19. The third-order valence-electron chi connectivity index (χ3n) is 4.90. The highest BCUT2D eigenvalue weighted by Gasteiger charge is 2.26. The first-order valence-corrected chi connectivity index (χ1v) is 9.50. The molecule has 5 heteroatoms. The molecule has 0 radical (unpaired) electrons. The van der Waals surface area contributed by atoms with Gasteiger partial charge in [0, 0.05) is 18.8 Å². The summed E-state index contributed by atoms with van der Waals surface area (Å²) in [5, 5.41) is 5.94. The number of para-hydroxylation sites is 1. The molecule has 2 N–H and O–H groups in total. The van der Waals surface area contributed by atoms with E-state index in [1.54, 1.807) is 0 Å². The summed E-state index contributed by atoms with van der Waals surface area (Å²) < 4.78 is 0. The number of piperidine rings is 1. The Balaban J connectivity index is 1.45. The molecular weight excluding hydrogens is 338 g/mol. The number of nitrogens with zero attached hydrogens (tertiary/aromatic N) is 1. The quantitative estimate of drug-likeness (QED) is 0.827. The molecule has 1 atom stereocenters. The number of carbonyl (C=O) groups is 2. The Hall–Kier alpha value is -2.66. The van der Waals surface area contributed by atoms with E-state index in [-0.39, 0.29) is 17.7 Å². The Labute approximate surface area is 160 Å². The lowest BCUT2D eigenvalue weighted by Crippen LogP contribution is -2.45.